The molecule has 0 aliphatic heterocycles. The molecule has 5 heteroatoms. The van der Waals surface area contributed by atoms with E-state index in [2.05, 4.69) is 0 Å². The number of non-ortho nitro benzene ring substituents is 1. The van der Waals surface area contributed by atoms with Gasteiger partial charge in [0.25, 0.3) is 11.2 Å². The lowest BCUT2D eigenvalue weighted by molar-refractivity contribution is -0.384. The van der Waals surface area contributed by atoms with E-state index < -0.39 is 4.92 Å². The Hall–Kier alpha value is -2.95. The van der Waals surface area contributed by atoms with Gasteiger partial charge >= 0.3 is 0 Å². The van der Waals surface area contributed by atoms with E-state index in [-0.39, 0.29) is 17.3 Å². The van der Waals surface area contributed by atoms with Crippen molar-refractivity contribution < 1.29 is 4.92 Å². The first-order valence-electron chi connectivity index (χ1n) is 6.92. The van der Waals surface area contributed by atoms with Crippen molar-refractivity contribution in [2.24, 2.45) is 0 Å². The summed E-state index contributed by atoms with van der Waals surface area (Å²) < 4.78 is 1.66. The second kappa shape index (κ2) is 5.44. The molecular formula is C17H14N2O3. The molecule has 0 bridgehead atoms. The molecule has 3 rings (SSSR count). The Morgan fingerprint density at radius 2 is 1.77 bits per heavy atom. The molecule has 1 unspecified atom stereocenters. The fourth-order valence-corrected chi connectivity index (χ4v) is 2.65. The molecule has 1 heterocycles. The Bertz CT molecular complexity index is 901. The highest BCUT2D eigenvalue weighted by Gasteiger charge is 2.14. The highest BCUT2D eigenvalue weighted by atomic mass is 16.6. The van der Waals surface area contributed by atoms with Crippen LogP contribution in [0, 0.1) is 10.1 Å². The van der Waals surface area contributed by atoms with Gasteiger partial charge in [0.05, 0.1) is 16.5 Å². The molecule has 22 heavy (non-hydrogen) atoms. The first kappa shape index (κ1) is 14.0. The van der Waals surface area contributed by atoms with E-state index in [1.54, 1.807) is 16.7 Å². The highest BCUT2D eigenvalue weighted by molar-refractivity contribution is 5.81. The predicted octanol–water partition coefficient (Wildman–Crippen LogP) is 3.52. The molecule has 0 aliphatic rings. The number of aromatic nitrogens is 1. The lowest BCUT2D eigenvalue weighted by atomic mass is 10.1. The van der Waals surface area contributed by atoms with Crippen LogP contribution in [0.3, 0.4) is 0 Å². The number of nitro groups is 1. The van der Waals surface area contributed by atoms with Crippen molar-refractivity contribution >= 4 is 16.6 Å². The molecule has 0 spiro atoms. The molecule has 0 saturated heterocycles. The molecule has 0 saturated carbocycles. The van der Waals surface area contributed by atoms with E-state index in [0.29, 0.717) is 10.9 Å². The van der Waals surface area contributed by atoms with Crippen LogP contribution in [0.5, 0.6) is 0 Å². The molecule has 0 aliphatic carbocycles. The second-order valence-corrected chi connectivity index (χ2v) is 5.13. The minimum atomic E-state index is -0.435. The lowest BCUT2D eigenvalue weighted by Crippen LogP contribution is -2.23. The third kappa shape index (κ3) is 2.37. The molecule has 1 aromatic heterocycles. The summed E-state index contributed by atoms with van der Waals surface area (Å²) in [5.74, 6) is 0. The predicted molar refractivity (Wildman–Crippen MR) is 85.1 cm³/mol. The topological polar surface area (TPSA) is 65.1 Å². The van der Waals surface area contributed by atoms with E-state index in [4.69, 9.17) is 0 Å². The van der Waals surface area contributed by atoms with Crippen LogP contribution in [0.15, 0.2) is 65.5 Å². The molecule has 0 radical (unpaired) electrons. The zero-order valence-corrected chi connectivity index (χ0v) is 12.0. The zero-order chi connectivity index (χ0) is 15.7. The zero-order valence-electron chi connectivity index (χ0n) is 12.0. The van der Waals surface area contributed by atoms with Crippen molar-refractivity contribution in [3.8, 4) is 0 Å². The minimum Gasteiger partial charge on any atom is -0.301 e. The average molecular weight is 294 g/mol. The van der Waals surface area contributed by atoms with Crippen LogP contribution in [0.25, 0.3) is 10.9 Å². The largest absolute Gasteiger partial charge is 0.301 e. The molecule has 2 aromatic carbocycles. The monoisotopic (exact) mass is 294 g/mol. The fraction of sp³-hybridized carbons (Fsp3) is 0.118. The molecule has 0 N–H and O–H groups in total. The van der Waals surface area contributed by atoms with Crippen LogP contribution in [0.1, 0.15) is 18.5 Å². The van der Waals surface area contributed by atoms with Gasteiger partial charge in [0.1, 0.15) is 0 Å². The number of nitrogens with zero attached hydrogens (tertiary/aromatic N) is 2. The Labute approximate surface area is 126 Å². The third-order valence-corrected chi connectivity index (χ3v) is 3.79. The summed E-state index contributed by atoms with van der Waals surface area (Å²) in [5.41, 5.74) is 1.59. The Kier molecular flexibility index (Phi) is 3.47. The second-order valence-electron chi connectivity index (χ2n) is 5.13. The van der Waals surface area contributed by atoms with Gasteiger partial charge in [0.2, 0.25) is 0 Å². The van der Waals surface area contributed by atoms with Gasteiger partial charge in [-0.05, 0) is 24.6 Å². The average Bonchev–Trinajstić information content (AvgIpc) is 2.54. The maximum absolute atomic E-state index is 12.3. The highest BCUT2D eigenvalue weighted by Crippen LogP contribution is 2.24. The van der Waals surface area contributed by atoms with Crippen molar-refractivity contribution in [3.63, 3.8) is 0 Å². The van der Waals surface area contributed by atoms with Crippen molar-refractivity contribution in [1.29, 1.82) is 0 Å². The van der Waals surface area contributed by atoms with Gasteiger partial charge in [0, 0.05) is 23.6 Å². The summed E-state index contributed by atoms with van der Waals surface area (Å²) in [5, 5.41) is 11.6. The van der Waals surface area contributed by atoms with Crippen LogP contribution in [-0.4, -0.2) is 9.49 Å². The summed E-state index contributed by atoms with van der Waals surface area (Å²) in [7, 11) is 0. The van der Waals surface area contributed by atoms with Gasteiger partial charge in [0.15, 0.2) is 0 Å². The Morgan fingerprint density at radius 3 is 2.45 bits per heavy atom. The van der Waals surface area contributed by atoms with Gasteiger partial charge < -0.3 is 4.57 Å². The molecule has 1 atom stereocenters. The van der Waals surface area contributed by atoms with Crippen molar-refractivity contribution in [2.75, 3.05) is 0 Å². The van der Waals surface area contributed by atoms with Crippen LogP contribution in [0.4, 0.5) is 5.69 Å². The van der Waals surface area contributed by atoms with E-state index in [9.17, 15) is 14.9 Å². The minimum absolute atomic E-state index is 0.0186. The maximum atomic E-state index is 12.3. The molecule has 0 amide bonds. The van der Waals surface area contributed by atoms with Gasteiger partial charge in [-0.25, -0.2) is 0 Å². The maximum Gasteiger partial charge on any atom is 0.270 e. The van der Waals surface area contributed by atoms with E-state index in [1.165, 1.54) is 18.2 Å². The summed E-state index contributed by atoms with van der Waals surface area (Å²) in [6.45, 7) is 1.94. The summed E-state index contributed by atoms with van der Waals surface area (Å²) in [6, 6.07) is 17.2. The molecular weight excluding hydrogens is 280 g/mol. The van der Waals surface area contributed by atoms with Crippen molar-refractivity contribution in [2.45, 2.75) is 13.0 Å². The van der Waals surface area contributed by atoms with Gasteiger partial charge in [-0.3, -0.25) is 14.9 Å². The Morgan fingerprint density at radius 1 is 1.05 bits per heavy atom. The van der Waals surface area contributed by atoms with Gasteiger partial charge in [-0.1, -0.05) is 30.3 Å². The summed E-state index contributed by atoms with van der Waals surface area (Å²) in [4.78, 5) is 22.7. The van der Waals surface area contributed by atoms with Crippen LogP contribution >= 0.6 is 0 Å². The number of benzene rings is 2. The third-order valence-electron chi connectivity index (χ3n) is 3.79. The number of nitro benzene ring substituents is 1. The number of hydrogen-bond acceptors (Lipinski definition) is 3. The molecule has 5 nitrogen and oxygen atoms in total. The normalized spacial score (nSPS) is 12.2. The lowest BCUT2D eigenvalue weighted by Gasteiger charge is -2.18. The first-order chi connectivity index (χ1) is 10.6. The molecule has 3 aromatic rings. The van der Waals surface area contributed by atoms with Crippen LogP contribution < -0.4 is 5.56 Å². The van der Waals surface area contributed by atoms with Gasteiger partial charge in [-0.15, -0.1) is 0 Å². The summed E-state index contributed by atoms with van der Waals surface area (Å²) in [6.07, 6.45) is 0. The number of hydrogen-bond donors (Lipinski definition) is 0. The van der Waals surface area contributed by atoms with Crippen LogP contribution in [0.2, 0.25) is 0 Å². The molecule has 0 fully saturated rings. The smallest absolute Gasteiger partial charge is 0.270 e. The number of fused-ring (bicyclic) bond motifs is 1. The molecule has 110 valence electrons. The quantitative estimate of drug-likeness (QED) is 0.548. The first-order valence-corrected chi connectivity index (χ1v) is 6.92. The van der Waals surface area contributed by atoms with E-state index in [1.807, 2.05) is 37.3 Å². The summed E-state index contributed by atoms with van der Waals surface area (Å²) >= 11 is 0. The van der Waals surface area contributed by atoms with Crippen molar-refractivity contribution in [1.82, 2.24) is 4.57 Å². The van der Waals surface area contributed by atoms with E-state index >= 15 is 0 Å². The number of rotatable bonds is 3. The van der Waals surface area contributed by atoms with Crippen molar-refractivity contribution in [3.05, 3.63) is 86.7 Å². The number of pyridine rings is 1. The Balaban J connectivity index is 2.22. The SMILES string of the molecule is CC(c1ccccc1)n1c(=O)ccc2cc([N+](=O)[O-])ccc21. The standard InChI is InChI=1S/C17H14N2O3/c1-12(13-5-3-2-4-6-13)18-16-9-8-15(19(21)22)11-14(16)7-10-17(18)20/h2-12H,1H3. The van der Waals surface area contributed by atoms with Gasteiger partial charge in [-0.2, -0.15) is 0 Å². The van der Waals surface area contributed by atoms with E-state index in [0.717, 1.165) is 5.56 Å². The fourth-order valence-electron chi connectivity index (χ4n) is 2.65. The van der Waals surface area contributed by atoms with Crippen LogP contribution in [-0.2, 0) is 0 Å².